The fourth-order valence-corrected chi connectivity index (χ4v) is 1.93. The molecule has 1 fully saturated rings. The van der Waals surface area contributed by atoms with Crippen molar-refractivity contribution in [3.63, 3.8) is 0 Å². The Balaban J connectivity index is 1.86. The summed E-state index contributed by atoms with van der Waals surface area (Å²) in [5.41, 5.74) is 1.27. The van der Waals surface area contributed by atoms with Gasteiger partial charge in [0, 0.05) is 13.1 Å². The molecule has 1 heterocycles. The molecule has 0 saturated carbocycles. The van der Waals surface area contributed by atoms with Gasteiger partial charge in [-0.15, -0.1) is 0 Å². The second-order valence-electron chi connectivity index (χ2n) is 3.82. The van der Waals surface area contributed by atoms with Crippen LogP contribution in [0.25, 0.3) is 0 Å². The highest BCUT2D eigenvalue weighted by atomic mass is 15.3. The van der Waals surface area contributed by atoms with Crippen molar-refractivity contribution in [1.29, 1.82) is 5.26 Å². The Morgan fingerprint density at radius 3 is 2.93 bits per heavy atom. The summed E-state index contributed by atoms with van der Waals surface area (Å²) < 4.78 is 0. The van der Waals surface area contributed by atoms with Crippen LogP contribution in [-0.4, -0.2) is 17.6 Å². The Morgan fingerprint density at radius 1 is 1.40 bits per heavy atom. The molecule has 0 radical (unpaired) electrons. The van der Waals surface area contributed by atoms with Crippen molar-refractivity contribution < 1.29 is 0 Å². The van der Waals surface area contributed by atoms with Gasteiger partial charge in [0.1, 0.15) is 0 Å². The van der Waals surface area contributed by atoms with Gasteiger partial charge >= 0.3 is 0 Å². The van der Waals surface area contributed by atoms with E-state index in [0.29, 0.717) is 0 Å². The van der Waals surface area contributed by atoms with Gasteiger partial charge in [-0.05, 0) is 18.4 Å². The third-order valence-corrected chi connectivity index (χ3v) is 2.77. The molecule has 1 saturated heterocycles. The monoisotopic (exact) mass is 201 g/mol. The second-order valence-corrected chi connectivity index (χ2v) is 3.82. The summed E-state index contributed by atoms with van der Waals surface area (Å²) in [6.45, 7) is 1.73. The molecule has 3 nitrogen and oxygen atoms in total. The molecular weight excluding hydrogens is 186 g/mol. The fourth-order valence-electron chi connectivity index (χ4n) is 1.93. The molecule has 0 spiro atoms. The van der Waals surface area contributed by atoms with Crippen molar-refractivity contribution in [2.24, 2.45) is 0 Å². The van der Waals surface area contributed by atoms with Crippen molar-refractivity contribution in [3.05, 3.63) is 35.9 Å². The number of rotatable bonds is 3. The number of likely N-dealkylation sites (tertiary alicyclic amines) is 1. The van der Waals surface area contributed by atoms with Crippen LogP contribution >= 0.6 is 0 Å². The molecule has 15 heavy (non-hydrogen) atoms. The molecular formula is C12H15N3. The highest BCUT2D eigenvalue weighted by Gasteiger charge is 2.22. The van der Waals surface area contributed by atoms with Gasteiger partial charge in [-0.1, -0.05) is 30.3 Å². The average Bonchev–Trinajstić information content (AvgIpc) is 2.75. The largest absolute Gasteiger partial charge is 0.294 e. The number of nitriles is 1. The van der Waals surface area contributed by atoms with E-state index in [1.165, 1.54) is 5.56 Å². The fraction of sp³-hybridized carbons (Fsp3) is 0.417. The molecule has 78 valence electrons. The molecule has 0 bridgehead atoms. The maximum Gasteiger partial charge on any atom is 0.180 e. The van der Waals surface area contributed by atoms with Crippen LogP contribution in [0.2, 0.25) is 0 Å². The molecule has 0 aromatic heterocycles. The van der Waals surface area contributed by atoms with Crippen LogP contribution in [0.4, 0.5) is 0 Å². The van der Waals surface area contributed by atoms with Crippen LogP contribution in [0.5, 0.6) is 0 Å². The topological polar surface area (TPSA) is 39.1 Å². The van der Waals surface area contributed by atoms with E-state index in [0.717, 1.165) is 25.9 Å². The number of nitrogens with zero attached hydrogens (tertiary/aromatic N) is 2. The summed E-state index contributed by atoms with van der Waals surface area (Å²) in [5, 5.41) is 12.3. The lowest BCUT2D eigenvalue weighted by molar-refractivity contribution is 0.306. The first-order valence-corrected chi connectivity index (χ1v) is 5.34. The first-order chi connectivity index (χ1) is 7.40. The molecule has 1 atom stereocenters. The summed E-state index contributed by atoms with van der Waals surface area (Å²) >= 11 is 0. The molecule has 1 N–H and O–H groups in total. The molecule has 0 amide bonds. The van der Waals surface area contributed by atoms with Crippen molar-refractivity contribution >= 4 is 0 Å². The van der Waals surface area contributed by atoms with E-state index in [2.05, 4.69) is 23.6 Å². The first kappa shape index (κ1) is 10.0. The average molecular weight is 201 g/mol. The quantitative estimate of drug-likeness (QED) is 0.756. The normalized spacial score (nSPS) is 20.2. The zero-order valence-electron chi connectivity index (χ0n) is 8.69. The smallest absolute Gasteiger partial charge is 0.180 e. The van der Waals surface area contributed by atoms with Gasteiger partial charge in [0.2, 0.25) is 0 Å². The third-order valence-electron chi connectivity index (χ3n) is 2.77. The van der Waals surface area contributed by atoms with Crippen LogP contribution in [0.15, 0.2) is 30.3 Å². The summed E-state index contributed by atoms with van der Waals surface area (Å²) in [6.07, 6.45) is 4.63. The second kappa shape index (κ2) is 4.81. The minimum absolute atomic E-state index is 0.232. The molecule has 1 unspecified atom stereocenters. The van der Waals surface area contributed by atoms with Crippen molar-refractivity contribution in [3.8, 4) is 6.19 Å². The number of hydrogen-bond acceptors (Lipinski definition) is 3. The predicted octanol–water partition coefficient (Wildman–Crippen LogP) is 1.68. The van der Waals surface area contributed by atoms with Crippen LogP contribution < -0.4 is 5.32 Å². The van der Waals surface area contributed by atoms with Crippen molar-refractivity contribution in [1.82, 2.24) is 10.2 Å². The number of hydrogen-bond donors (Lipinski definition) is 1. The lowest BCUT2D eigenvalue weighted by Gasteiger charge is -2.19. The van der Waals surface area contributed by atoms with Crippen LogP contribution in [0.1, 0.15) is 18.4 Å². The van der Waals surface area contributed by atoms with Gasteiger partial charge in [-0.25, -0.2) is 0 Å². The van der Waals surface area contributed by atoms with Gasteiger partial charge in [0.05, 0.1) is 6.17 Å². The first-order valence-electron chi connectivity index (χ1n) is 5.34. The molecule has 1 aliphatic rings. The van der Waals surface area contributed by atoms with Crippen LogP contribution in [0.3, 0.4) is 0 Å². The number of benzene rings is 1. The van der Waals surface area contributed by atoms with Crippen LogP contribution in [-0.2, 0) is 6.54 Å². The Morgan fingerprint density at radius 2 is 2.20 bits per heavy atom. The van der Waals surface area contributed by atoms with Gasteiger partial charge in [-0.2, -0.15) is 5.26 Å². The molecule has 3 heteroatoms. The molecule has 1 aliphatic heterocycles. The molecule has 2 rings (SSSR count). The number of nitrogens with one attached hydrogen (secondary N) is 1. The Bertz CT molecular complexity index is 342. The molecule has 1 aromatic rings. The van der Waals surface area contributed by atoms with E-state index >= 15 is 0 Å². The minimum Gasteiger partial charge on any atom is -0.294 e. The third kappa shape index (κ3) is 2.48. The van der Waals surface area contributed by atoms with Gasteiger partial charge in [0.15, 0.2) is 6.19 Å². The maximum absolute atomic E-state index is 8.87. The lowest BCUT2D eigenvalue weighted by atomic mass is 10.2. The van der Waals surface area contributed by atoms with E-state index in [4.69, 9.17) is 5.26 Å². The van der Waals surface area contributed by atoms with E-state index in [1.54, 1.807) is 0 Å². The zero-order valence-corrected chi connectivity index (χ0v) is 8.69. The Kier molecular flexibility index (Phi) is 3.21. The van der Waals surface area contributed by atoms with Crippen LogP contribution in [0, 0.1) is 11.5 Å². The maximum atomic E-state index is 8.87. The summed E-state index contributed by atoms with van der Waals surface area (Å²) in [7, 11) is 0. The van der Waals surface area contributed by atoms with E-state index in [9.17, 15) is 0 Å². The van der Waals surface area contributed by atoms with E-state index in [-0.39, 0.29) is 6.17 Å². The zero-order chi connectivity index (χ0) is 10.5. The highest BCUT2D eigenvalue weighted by molar-refractivity contribution is 5.14. The van der Waals surface area contributed by atoms with Gasteiger partial charge in [-0.3, -0.25) is 10.2 Å². The Hall–Kier alpha value is -1.53. The van der Waals surface area contributed by atoms with E-state index < -0.39 is 0 Å². The van der Waals surface area contributed by atoms with E-state index in [1.807, 2.05) is 23.1 Å². The highest BCUT2D eigenvalue weighted by Crippen LogP contribution is 2.13. The standard InChI is InChI=1S/C12H15N3/c13-10-15-8-4-7-12(15)14-9-11-5-2-1-3-6-11/h1-3,5-6,12,14H,4,7-9H2. The molecule has 1 aromatic carbocycles. The summed E-state index contributed by atoms with van der Waals surface area (Å²) in [6, 6.07) is 10.3. The predicted molar refractivity (Wildman–Crippen MR) is 58.6 cm³/mol. The Labute approximate surface area is 90.3 Å². The SMILES string of the molecule is N#CN1CCCC1NCc1ccccc1. The summed E-state index contributed by atoms with van der Waals surface area (Å²) in [5.74, 6) is 0. The lowest BCUT2D eigenvalue weighted by Crippen LogP contribution is -2.37. The van der Waals surface area contributed by atoms with Gasteiger partial charge in [0.25, 0.3) is 0 Å². The minimum atomic E-state index is 0.232. The van der Waals surface area contributed by atoms with Crippen molar-refractivity contribution in [2.45, 2.75) is 25.6 Å². The summed E-state index contributed by atoms with van der Waals surface area (Å²) in [4.78, 5) is 1.82. The molecule has 0 aliphatic carbocycles. The van der Waals surface area contributed by atoms with Crippen molar-refractivity contribution in [2.75, 3.05) is 6.54 Å². The van der Waals surface area contributed by atoms with Gasteiger partial charge < -0.3 is 0 Å².